The van der Waals surface area contributed by atoms with Gasteiger partial charge in [-0.25, -0.2) is 18.7 Å². The standard InChI is InChI=1S/C21H16F2N2O4/c22-13-9-15-16(10-14(13)23)25-20-19(24-15)11-3-1-2-4-12(11)21(20,7-5-17(26)27)8-6-18(28)29/h1-4,9-10H,5-8H2,(H,26,27)(H,28,29). The zero-order valence-corrected chi connectivity index (χ0v) is 15.2. The van der Waals surface area contributed by atoms with Crippen molar-refractivity contribution in [2.24, 2.45) is 0 Å². The molecule has 1 heterocycles. The fraction of sp³-hybridized carbons (Fsp3) is 0.238. The molecular formula is C21H16F2N2O4. The third-order valence-corrected chi connectivity index (χ3v) is 5.39. The van der Waals surface area contributed by atoms with Crippen molar-refractivity contribution in [2.75, 3.05) is 0 Å². The predicted molar refractivity (Wildman–Crippen MR) is 99.4 cm³/mol. The molecule has 1 aliphatic carbocycles. The monoisotopic (exact) mass is 398 g/mol. The van der Waals surface area contributed by atoms with Gasteiger partial charge in [0.2, 0.25) is 0 Å². The average molecular weight is 398 g/mol. The van der Waals surface area contributed by atoms with Gasteiger partial charge in [0.15, 0.2) is 11.6 Å². The van der Waals surface area contributed by atoms with Crippen LogP contribution >= 0.6 is 0 Å². The maximum Gasteiger partial charge on any atom is 0.303 e. The molecule has 1 aromatic heterocycles. The van der Waals surface area contributed by atoms with Gasteiger partial charge < -0.3 is 10.2 Å². The van der Waals surface area contributed by atoms with Gasteiger partial charge in [0, 0.05) is 36.0 Å². The highest BCUT2D eigenvalue weighted by molar-refractivity contribution is 5.84. The lowest BCUT2D eigenvalue weighted by atomic mass is 9.73. The van der Waals surface area contributed by atoms with E-state index in [2.05, 4.69) is 9.97 Å². The molecule has 3 aromatic rings. The summed E-state index contributed by atoms with van der Waals surface area (Å²) in [6.45, 7) is 0. The number of rotatable bonds is 6. The molecule has 0 atom stereocenters. The van der Waals surface area contributed by atoms with Crippen LogP contribution in [0.15, 0.2) is 36.4 Å². The Morgan fingerprint density at radius 3 is 2.03 bits per heavy atom. The van der Waals surface area contributed by atoms with Gasteiger partial charge in [0.1, 0.15) is 0 Å². The van der Waals surface area contributed by atoms with E-state index in [4.69, 9.17) is 0 Å². The number of hydrogen-bond acceptors (Lipinski definition) is 4. The molecule has 8 heteroatoms. The van der Waals surface area contributed by atoms with E-state index in [0.29, 0.717) is 17.0 Å². The van der Waals surface area contributed by atoms with Gasteiger partial charge in [-0.15, -0.1) is 0 Å². The Morgan fingerprint density at radius 2 is 1.45 bits per heavy atom. The average Bonchev–Trinajstić information content (AvgIpc) is 2.94. The summed E-state index contributed by atoms with van der Waals surface area (Å²) >= 11 is 0. The molecule has 0 bridgehead atoms. The van der Waals surface area contributed by atoms with E-state index in [-0.39, 0.29) is 36.7 Å². The largest absolute Gasteiger partial charge is 0.481 e. The smallest absolute Gasteiger partial charge is 0.303 e. The second-order valence-corrected chi connectivity index (χ2v) is 7.09. The number of carbonyl (C=O) groups is 2. The Morgan fingerprint density at radius 1 is 0.897 bits per heavy atom. The molecule has 0 saturated heterocycles. The van der Waals surface area contributed by atoms with Crippen molar-refractivity contribution in [3.8, 4) is 11.3 Å². The molecule has 6 nitrogen and oxygen atoms in total. The summed E-state index contributed by atoms with van der Waals surface area (Å²) in [6, 6.07) is 9.06. The number of fused-ring (bicyclic) bond motifs is 4. The minimum Gasteiger partial charge on any atom is -0.481 e. The van der Waals surface area contributed by atoms with Crippen LogP contribution in [-0.4, -0.2) is 32.1 Å². The van der Waals surface area contributed by atoms with Crippen molar-refractivity contribution >= 4 is 23.0 Å². The van der Waals surface area contributed by atoms with Gasteiger partial charge in [-0.05, 0) is 18.4 Å². The molecule has 0 radical (unpaired) electrons. The lowest BCUT2D eigenvalue weighted by Gasteiger charge is -2.30. The summed E-state index contributed by atoms with van der Waals surface area (Å²) < 4.78 is 27.5. The first-order valence-electron chi connectivity index (χ1n) is 9.02. The summed E-state index contributed by atoms with van der Waals surface area (Å²) in [6.07, 6.45) is -0.178. The minimum atomic E-state index is -1.07. The quantitative estimate of drug-likeness (QED) is 0.653. The zero-order valence-electron chi connectivity index (χ0n) is 15.2. The number of nitrogens with zero attached hydrogens (tertiary/aromatic N) is 2. The summed E-state index contributed by atoms with van der Waals surface area (Å²) in [5.74, 6) is -4.15. The second kappa shape index (κ2) is 6.88. The van der Waals surface area contributed by atoms with E-state index in [1.807, 2.05) is 0 Å². The van der Waals surface area contributed by atoms with Crippen LogP contribution in [0.5, 0.6) is 0 Å². The van der Waals surface area contributed by atoms with E-state index >= 15 is 0 Å². The summed E-state index contributed by atoms with van der Waals surface area (Å²) in [4.78, 5) is 31.6. The molecule has 0 unspecified atom stereocenters. The number of hydrogen-bond donors (Lipinski definition) is 2. The highest BCUT2D eigenvalue weighted by atomic mass is 19.2. The topological polar surface area (TPSA) is 100 Å². The Kier molecular flexibility index (Phi) is 4.49. The van der Waals surface area contributed by atoms with Gasteiger partial charge in [0.05, 0.1) is 22.4 Å². The second-order valence-electron chi connectivity index (χ2n) is 7.09. The van der Waals surface area contributed by atoms with Crippen molar-refractivity contribution in [2.45, 2.75) is 31.1 Å². The highest BCUT2D eigenvalue weighted by Crippen LogP contribution is 2.52. The molecule has 2 N–H and O–H groups in total. The molecule has 0 aliphatic heterocycles. The Balaban J connectivity index is 2.00. The summed E-state index contributed by atoms with van der Waals surface area (Å²) in [5.41, 5.74) is 1.57. The summed E-state index contributed by atoms with van der Waals surface area (Å²) in [5, 5.41) is 18.5. The van der Waals surface area contributed by atoms with Crippen LogP contribution in [-0.2, 0) is 15.0 Å². The van der Waals surface area contributed by atoms with E-state index in [0.717, 1.165) is 17.7 Å². The van der Waals surface area contributed by atoms with Crippen LogP contribution in [0.3, 0.4) is 0 Å². The number of halogens is 2. The molecule has 1 aliphatic rings. The Hall–Kier alpha value is -3.42. The third kappa shape index (κ3) is 3.10. The number of aromatic nitrogens is 2. The van der Waals surface area contributed by atoms with Crippen LogP contribution in [0.1, 0.15) is 36.9 Å². The molecule has 2 aromatic carbocycles. The van der Waals surface area contributed by atoms with Gasteiger partial charge >= 0.3 is 11.9 Å². The van der Waals surface area contributed by atoms with E-state index in [9.17, 15) is 28.6 Å². The Bertz CT molecular complexity index is 1140. The fourth-order valence-electron chi connectivity index (χ4n) is 4.08. The van der Waals surface area contributed by atoms with E-state index < -0.39 is 29.0 Å². The maximum absolute atomic E-state index is 13.8. The van der Waals surface area contributed by atoms with Gasteiger partial charge in [-0.2, -0.15) is 0 Å². The van der Waals surface area contributed by atoms with E-state index in [1.165, 1.54) is 0 Å². The third-order valence-electron chi connectivity index (χ3n) is 5.39. The first-order valence-corrected chi connectivity index (χ1v) is 9.02. The number of carboxylic acids is 2. The van der Waals surface area contributed by atoms with Crippen LogP contribution in [0.4, 0.5) is 8.78 Å². The maximum atomic E-state index is 13.8. The van der Waals surface area contributed by atoms with Crippen molar-refractivity contribution in [1.82, 2.24) is 9.97 Å². The first-order chi connectivity index (χ1) is 13.8. The van der Waals surface area contributed by atoms with Crippen LogP contribution in [0, 0.1) is 11.6 Å². The number of aliphatic carboxylic acids is 2. The number of carboxylic acid groups (broad SMARTS) is 2. The molecular weight excluding hydrogens is 382 g/mol. The van der Waals surface area contributed by atoms with Crippen molar-refractivity contribution in [3.63, 3.8) is 0 Å². The normalized spacial score (nSPS) is 13.9. The molecule has 0 fully saturated rings. The van der Waals surface area contributed by atoms with E-state index in [1.54, 1.807) is 24.3 Å². The molecule has 148 valence electrons. The van der Waals surface area contributed by atoms with Crippen LogP contribution in [0.2, 0.25) is 0 Å². The lowest BCUT2D eigenvalue weighted by Crippen LogP contribution is -2.28. The highest BCUT2D eigenvalue weighted by Gasteiger charge is 2.45. The summed E-state index contributed by atoms with van der Waals surface area (Å²) in [7, 11) is 0. The van der Waals surface area contributed by atoms with Crippen molar-refractivity contribution in [3.05, 3.63) is 59.3 Å². The predicted octanol–water partition coefficient (Wildman–Crippen LogP) is 3.90. The zero-order chi connectivity index (χ0) is 20.8. The van der Waals surface area contributed by atoms with Gasteiger partial charge in [-0.1, -0.05) is 24.3 Å². The molecule has 0 saturated carbocycles. The van der Waals surface area contributed by atoms with Gasteiger partial charge in [0.25, 0.3) is 0 Å². The van der Waals surface area contributed by atoms with Crippen LogP contribution in [0.25, 0.3) is 22.3 Å². The molecule has 4 rings (SSSR count). The van der Waals surface area contributed by atoms with Crippen molar-refractivity contribution in [1.29, 1.82) is 0 Å². The molecule has 29 heavy (non-hydrogen) atoms. The van der Waals surface area contributed by atoms with Gasteiger partial charge in [-0.3, -0.25) is 9.59 Å². The fourth-order valence-corrected chi connectivity index (χ4v) is 4.08. The number of benzene rings is 2. The molecule has 0 amide bonds. The minimum absolute atomic E-state index is 0.115. The lowest BCUT2D eigenvalue weighted by molar-refractivity contribution is -0.137. The molecule has 0 spiro atoms. The Labute approximate surface area is 163 Å². The van der Waals surface area contributed by atoms with Crippen LogP contribution < -0.4 is 0 Å². The first kappa shape index (κ1) is 18.9. The van der Waals surface area contributed by atoms with Crippen molar-refractivity contribution < 1.29 is 28.6 Å². The SMILES string of the molecule is O=C(O)CCC1(CCC(=O)O)c2ccccc2-c2nc3cc(F)c(F)cc3nc21.